The number of thiazole rings is 3. The monoisotopic (exact) mass is 1280 g/mol. The number of aliphatic hydroxyl groups is 1. The first-order chi connectivity index (χ1) is 44.2. The number of nitrogens with one attached hydrogen (secondary N) is 3. The summed E-state index contributed by atoms with van der Waals surface area (Å²) in [6, 6.07) is 24.9. The molecule has 0 radical (unpaired) electrons. The summed E-state index contributed by atoms with van der Waals surface area (Å²) in [4.78, 5) is 58.2. The standard InChI is InChI=1S/C23H20F2N4OS.C23H18F2N4OS.C22H18F2N4S/c2*1-13-22(28-23(31-13)14-4-3-8-26-10-14)29-9-7-19-15(11-29)16(12-30)21(27-19)20-17(24)5-2-6-18(20)25;1-13-21(27-22(29-13)14-4-3-8-25-11-14)28-9-7-18-15(12-28)10-19(26-18)20-16(23)5-2-6-17(20)24/h2-6,8,10,27,30H,7,9,11-12H2,1H3;2-6,8,10,12,27H,7,9,11H2,1H3;2-6,8,10-11,26H,7,9,12H2,1H3. The first-order valence-electron chi connectivity index (χ1n) is 29.2. The van der Waals surface area contributed by atoms with Crippen molar-refractivity contribution in [2.24, 2.45) is 0 Å². The predicted molar refractivity (Wildman–Crippen MR) is 344 cm³/mol. The van der Waals surface area contributed by atoms with Crippen LogP contribution in [0, 0.1) is 55.7 Å². The zero-order chi connectivity index (χ0) is 63.0. The van der Waals surface area contributed by atoms with Gasteiger partial charge in [0.05, 0.1) is 40.4 Å². The third kappa shape index (κ3) is 12.0. The topological polar surface area (TPSA) is 172 Å². The van der Waals surface area contributed by atoms with Crippen molar-refractivity contribution in [2.75, 3.05) is 34.3 Å². The number of anilines is 3. The zero-order valence-electron chi connectivity index (χ0n) is 49.2. The number of benzene rings is 3. The number of pyridine rings is 3. The molecule has 0 fully saturated rings. The largest absolute Gasteiger partial charge is 0.392 e. The highest BCUT2D eigenvalue weighted by molar-refractivity contribution is 7.16. The molecule has 0 bridgehead atoms. The van der Waals surface area contributed by atoms with Crippen LogP contribution in [0.1, 0.15) is 64.3 Å². The van der Waals surface area contributed by atoms with E-state index in [4.69, 9.17) is 15.0 Å². The number of aryl methyl sites for hydroxylation is 3. The maximum atomic E-state index is 14.4. The lowest BCUT2D eigenvalue weighted by Crippen LogP contribution is -2.31. The van der Waals surface area contributed by atoms with Crippen molar-refractivity contribution in [3.63, 3.8) is 0 Å². The van der Waals surface area contributed by atoms with Gasteiger partial charge in [0.15, 0.2) is 6.29 Å². The van der Waals surface area contributed by atoms with Gasteiger partial charge in [-0.2, -0.15) is 0 Å². The molecule has 3 aliphatic heterocycles. The number of fused-ring (bicyclic) bond motifs is 3. The Bertz CT molecular complexity index is 4580. The van der Waals surface area contributed by atoms with E-state index in [1.54, 1.807) is 65.0 Å². The number of aromatic nitrogens is 9. The molecule has 3 aliphatic rings. The number of hydrogen-bond donors (Lipinski definition) is 4. The van der Waals surface area contributed by atoms with Gasteiger partial charge in [-0.25, -0.2) is 41.3 Å². The summed E-state index contributed by atoms with van der Waals surface area (Å²) in [6.07, 6.45) is 13.3. The normalized spacial score (nSPS) is 13.5. The van der Waals surface area contributed by atoms with Gasteiger partial charge in [-0.3, -0.25) is 19.7 Å². The first-order valence-corrected chi connectivity index (χ1v) is 31.6. The van der Waals surface area contributed by atoms with E-state index < -0.39 is 34.9 Å². The van der Waals surface area contributed by atoms with E-state index in [-0.39, 0.29) is 29.0 Å². The van der Waals surface area contributed by atoms with Crippen LogP contribution in [0.3, 0.4) is 0 Å². The quantitative estimate of drug-likeness (QED) is 0.0717. The molecule has 0 saturated carbocycles. The highest BCUT2D eigenvalue weighted by atomic mass is 32.1. The van der Waals surface area contributed by atoms with Gasteiger partial charge in [0.25, 0.3) is 0 Å². The van der Waals surface area contributed by atoms with Gasteiger partial charge in [-0.15, -0.1) is 34.0 Å². The smallest absolute Gasteiger partial charge is 0.152 e. The third-order valence-electron chi connectivity index (χ3n) is 16.4. The van der Waals surface area contributed by atoms with E-state index in [9.17, 15) is 36.2 Å². The molecule has 0 spiro atoms. The summed E-state index contributed by atoms with van der Waals surface area (Å²) in [5.74, 6) is -1.12. The molecular weight excluding hydrogens is 1230 g/mol. The third-order valence-corrected chi connectivity index (χ3v) is 19.4. The Morgan fingerprint density at radius 2 is 0.890 bits per heavy atom. The van der Waals surface area contributed by atoms with E-state index in [1.165, 1.54) is 54.6 Å². The number of aldehydes is 1. The van der Waals surface area contributed by atoms with Crippen LogP contribution >= 0.6 is 34.0 Å². The van der Waals surface area contributed by atoms with Gasteiger partial charge in [-0.05, 0) is 111 Å². The summed E-state index contributed by atoms with van der Waals surface area (Å²) in [5, 5.41) is 12.8. The minimum atomic E-state index is -0.699. The van der Waals surface area contributed by atoms with Crippen LogP contribution in [0.2, 0.25) is 0 Å². The number of H-pyrrole nitrogens is 3. The lowest BCUT2D eigenvalue weighted by molar-refractivity contribution is 0.112. The van der Waals surface area contributed by atoms with E-state index in [0.717, 1.165) is 111 Å². The van der Waals surface area contributed by atoms with Crippen LogP contribution in [-0.2, 0) is 45.5 Å². The fourth-order valence-corrected chi connectivity index (χ4v) is 14.8. The average molecular weight is 1280 g/mol. The fraction of sp³-hybridized carbons (Fsp3) is 0.191. The van der Waals surface area contributed by atoms with E-state index in [2.05, 4.69) is 51.5 Å². The second kappa shape index (κ2) is 25.7. The lowest BCUT2D eigenvalue weighted by Gasteiger charge is -2.28. The molecule has 14 nitrogen and oxygen atoms in total. The van der Waals surface area contributed by atoms with Crippen molar-refractivity contribution in [2.45, 2.75) is 66.3 Å². The maximum absolute atomic E-state index is 14.4. The van der Waals surface area contributed by atoms with Crippen molar-refractivity contribution in [3.8, 4) is 65.5 Å². The molecule has 0 atom stereocenters. The highest BCUT2D eigenvalue weighted by Crippen LogP contribution is 2.42. The number of rotatable bonds is 11. The Morgan fingerprint density at radius 1 is 0.495 bits per heavy atom. The number of aromatic amines is 3. The Hall–Kier alpha value is -9.55. The second-order valence-electron chi connectivity index (χ2n) is 22.0. The van der Waals surface area contributed by atoms with Crippen molar-refractivity contribution in [1.82, 2.24) is 44.9 Å². The van der Waals surface area contributed by atoms with Crippen molar-refractivity contribution in [3.05, 3.63) is 229 Å². The van der Waals surface area contributed by atoms with Crippen LogP contribution in [0.25, 0.3) is 65.5 Å². The summed E-state index contributed by atoms with van der Waals surface area (Å²) >= 11 is 4.85. The van der Waals surface area contributed by atoms with Gasteiger partial charge < -0.3 is 34.8 Å². The zero-order valence-corrected chi connectivity index (χ0v) is 51.7. The molecule has 0 unspecified atom stereocenters. The molecule has 15 rings (SSSR count). The molecular formula is C68H56F6N12O2S3. The van der Waals surface area contributed by atoms with Crippen LogP contribution in [0.5, 0.6) is 0 Å². The number of nitrogens with zero attached hydrogens (tertiary/aromatic N) is 9. The maximum Gasteiger partial charge on any atom is 0.152 e. The summed E-state index contributed by atoms with van der Waals surface area (Å²) < 4.78 is 85.9. The number of aliphatic hydroxyl groups excluding tert-OH is 1. The molecule has 3 aromatic carbocycles. The second-order valence-corrected chi connectivity index (χ2v) is 25.6. The van der Waals surface area contributed by atoms with E-state index >= 15 is 0 Å². The van der Waals surface area contributed by atoms with Crippen LogP contribution < -0.4 is 14.7 Å². The van der Waals surface area contributed by atoms with Crippen molar-refractivity contribution in [1.29, 1.82) is 0 Å². The Kier molecular flexibility index (Phi) is 17.1. The van der Waals surface area contributed by atoms with E-state index in [0.29, 0.717) is 74.4 Å². The number of carbonyl (C=O) groups excluding carboxylic acids is 1. The number of carbonyl (C=O) groups is 1. The molecule has 460 valence electrons. The number of halogens is 6. The highest BCUT2D eigenvalue weighted by Gasteiger charge is 2.32. The molecule has 91 heavy (non-hydrogen) atoms. The molecule has 0 saturated heterocycles. The first kappa shape index (κ1) is 60.4. The van der Waals surface area contributed by atoms with Gasteiger partial charge in [0.2, 0.25) is 0 Å². The minimum absolute atomic E-state index is 0.00264. The summed E-state index contributed by atoms with van der Waals surface area (Å²) in [6.45, 7) is 9.60. The molecule has 9 aromatic heterocycles. The van der Waals surface area contributed by atoms with Crippen LogP contribution in [0.4, 0.5) is 43.8 Å². The van der Waals surface area contributed by atoms with Gasteiger partial charge >= 0.3 is 0 Å². The SMILES string of the molecule is Cc1sc(-c2cccnc2)nc1N1CCc2[nH]c(-c3c(F)cccc3F)c(C=O)c2C1.Cc1sc(-c2cccnc2)nc1N1CCc2[nH]c(-c3c(F)cccc3F)c(CO)c2C1.Cc1sc(-c2cccnc2)nc1N1CCc2[nH]c(-c3c(F)cccc3F)cc2C1. The van der Waals surface area contributed by atoms with Gasteiger partial charge in [0, 0.05) is 161 Å². The fourth-order valence-electron chi connectivity index (χ4n) is 12.0. The van der Waals surface area contributed by atoms with Crippen molar-refractivity contribution < 1.29 is 36.2 Å². The predicted octanol–water partition coefficient (Wildman–Crippen LogP) is 15.4. The van der Waals surface area contributed by atoms with Crippen LogP contribution in [0.15, 0.2) is 134 Å². The Labute approximate surface area is 530 Å². The Balaban J connectivity index is 0.000000125. The average Bonchev–Trinajstić information content (AvgIpc) is 1.65. The molecule has 12 heterocycles. The van der Waals surface area contributed by atoms with E-state index in [1.807, 2.05) is 62.5 Å². The van der Waals surface area contributed by atoms with Crippen LogP contribution in [-0.4, -0.2) is 75.9 Å². The number of hydrogen-bond acceptors (Lipinski definition) is 14. The van der Waals surface area contributed by atoms with Gasteiger partial charge in [0.1, 0.15) is 67.4 Å². The lowest BCUT2D eigenvalue weighted by atomic mass is 10.0. The van der Waals surface area contributed by atoms with Gasteiger partial charge in [-0.1, -0.05) is 18.2 Å². The molecule has 23 heteroatoms. The molecule has 0 amide bonds. The molecule has 4 N–H and O–H groups in total. The summed E-state index contributed by atoms with van der Waals surface area (Å²) in [7, 11) is 0. The molecule has 12 aromatic rings. The Morgan fingerprint density at radius 3 is 1.32 bits per heavy atom. The minimum Gasteiger partial charge on any atom is -0.392 e. The molecule has 0 aliphatic carbocycles. The summed E-state index contributed by atoms with van der Waals surface area (Å²) in [5.41, 5.74) is 9.85. The van der Waals surface area contributed by atoms with Crippen molar-refractivity contribution >= 4 is 57.8 Å².